The molecular formula is C21H31BrF2O2. The molecule has 0 saturated heterocycles. The first kappa shape index (κ1) is 19.3. The lowest BCUT2D eigenvalue weighted by Gasteiger charge is -2.58. The summed E-state index contributed by atoms with van der Waals surface area (Å²) < 4.78 is 30.3. The molecule has 2 nitrogen and oxygen atoms in total. The molecule has 0 bridgehead atoms. The average Bonchev–Trinajstić information content (AvgIpc) is 2.91. The number of rotatable bonds is 2. The second kappa shape index (κ2) is 6.23. The van der Waals surface area contributed by atoms with Gasteiger partial charge in [-0.3, -0.25) is 4.79 Å². The van der Waals surface area contributed by atoms with Crippen LogP contribution in [0.3, 0.4) is 0 Å². The summed E-state index contributed by atoms with van der Waals surface area (Å²) in [6.07, 6.45) is 5.32. The largest absolute Gasteiger partial charge is 0.390 e. The average molecular weight is 433 g/mol. The highest BCUT2D eigenvalue weighted by molar-refractivity contribution is 9.09. The first-order valence-corrected chi connectivity index (χ1v) is 11.4. The molecule has 4 aliphatic carbocycles. The number of carbonyl (C=O) groups is 1. The van der Waals surface area contributed by atoms with Gasteiger partial charge in [-0.2, -0.15) is 0 Å². The molecule has 4 rings (SSSR count). The van der Waals surface area contributed by atoms with E-state index in [-0.39, 0.29) is 47.7 Å². The number of carbonyl (C=O) groups excluding carboxylic acids is 1. The lowest BCUT2D eigenvalue weighted by molar-refractivity contribution is -0.210. The number of Topliss-reactive ketones (excluding diaryl/α,β-unsaturated/α-hetero) is 1. The number of alkyl halides is 3. The molecule has 0 heterocycles. The maximum Gasteiger partial charge on any atom is 0.251 e. The van der Waals surface area contributed by atoms with Crippen molar-refractivity contribution < 1.29 is 18.7 Å². The second-order valence-corrected chi connectivity index (χ2v) is 10.7. The van der Waals surface area contributed by atoms with Crippen LogP contribution < -0.4 is 0 Å². The molecule has 0 aromatic carbocycles. The smallest absolute Gasteiger partial charge is 0.251 e. The highest BCUT2D eigenvalue weighted by Gasteiger charge is 2.64. The van der Waals surface area contributed by atoms with Crippen LogP contribution in [0.4, 0.5) is 8.78 Å². The third-order valence-corrected chi connectivity index (χ3v) is 9.36. The van der Waals surface area contributed by atoms with E-state index >= 15 is 8.78 Å². The molecular weight excluding hydrogens is 402 g/mol. The molecule has 0 aliphatic heterocycles. The Balaban J connectivity index is 1.63. The van der Waals surface area contributed by atoms with Gasteiger partial charge in [0.05, 0.1) is 10.9 Å². The van der Waals surface area contributed by atoms with Gasteiger partial charge in [0.25, 0.3) is 5.92 Å². The van der Waals surface area contributed by atoms with Gasteiger partial charge in [-0.05, 0) is 81.0 Å². The first-order valence-electron chi connectivity index (χ1n) is 10.3. The number of ketones is 1. The zero-order chi connectivity index (χ0) is 18.9. The van der Waals surface area contributed by atoms with Gasteiger partial charge in [0.1, 0.15) is 5.78 Å². The monoisotopic (exact) mass is 432 g/mol. The maximum absolute atomic E-state index is 15.2. The van der Waals surface area contributed by atoms with Gasteiger partial charge in [-0.15, -0.1) is 0 Å². The van der Waals surface area contributed by atoms with Crippen molar-refractivity contribution in [3.63, 3.8) is 0 Å². The van der Waals surface area contributed by atoms with Crippen LogP contribution in [0.2, 0.25) is 0 Å². The highest BCUT2D eigenvalue weighted by atomic mass is 79.9. The normalized spacial score (nSPS) is 52.7. The Morgan fingerprint density at radius 2 is 1.69 bits per heavy atom. The Morgan fingerprint density at radius 3 is 2.38 bits per heavy atom. The summed E-state index contributed by atoms with van der Waals surface area (Å²) in [6, 6.07) is 0. The summed E-state index contributed by atoms with van der Waals surface area (Å²) in [5, 5.41) is 10.8. The third-order valence-electron chi connectivity index (χ3n) is 8.81. The van der Waals surface area contributed by atoms with Crippen molar-refractivity contribution in [2.75, 3.05) is 5.33 Å². The molecule has 0 unspecified atom stereocenters. The fraction of sp³-hybridized carbons (Fsp3) is 0.952. The highest BCUT2D eigenvalue weighted by Crippen LogP contribution is 2.66. The van der Waals surface area contributed by atoms with Gasteiger partial charge >= 0.3 is 0 Å². The zero-order valence-corrected chi connectivity index (χ0v) is 17.4. The van der Waals surface area contributed by atoms with Crippen LogP contribution in [0.15, 0.2) is 0 Å². The van der Waals surface area contributed by atoms with Crippen LogP contribution in [0.1, 0.15) is 65.2 Å². The number of fused-ring (bicyclic) bond motifs is 5. The van der Waals surface area contributed by atoms with Gasteiger partial charge < -0.3 is 5.11 Å². The van der Waals surface area contributed by atoms with Crippen LogP contribution in [0.25, 0.3) is 0 Å². The Hall–Kier alpha value is -0.0300. The van der Waals surface area contributed by atoms with Crippen LogP contribution in [0.5, 0.6) is 0 Å². The van der Waals surface area contributed by atoms with Crippen molar-refractivity contribution in [1.29, 1.82) is 0 Å². The standard InChI is InChI=1S/C21H31BrF2O2/c1-19(26)7-5-13-12-6-8-20(2)15(3-4-16(20)18(25)11-22)14(12)9-21(23,24)17(13)10-19/h12-17,26H,3-11H2,1-2H3/t12-,13-,14-,15+,16-,17+,19-,20+/m1/s1. The Labute approximate surface area is 163 Å². The van der Waals surface area contributed by atoms with E-state index in [1.54, 1.807) is 6.92 Å². The Kier molecular flexibility index (Phi) is 4.63. The molecule has 4 fully saturated rings. The summed E-state index contributed by atoms with van der Waals surface area (Å²) >= 11 is 3.32. The minimum Gasteiger partial charge on any atom is -0.390 e. The number of hydrogen-bond donors (Lipinski definition) is 1. The predicted molar refractivity (Wildman–Crippen MR) is 100 cm³/mol. The van der Waals surface area contributed by atoms with Gasteiger partial charge in [-0.25, -0.2) is 8.78 Å². The fourth-order valence-corrected chi connectivity index (χ4v) is 8.00. The third kappa shape index (κ3) is 2.82. The molecule has 0 aromatic heterocycles. The molecule has 0 amide bonds. The van der Waals surface area contributed by atoms with Gasteiger partial charge in [0.15, 0.2) is 0 Å². The van der Waals surface area contributed by atoms with Crippen molar-refractivity contribution >= 4 is 21.7 Å². The van der Waals surface area contributed by atoms with Crippen LogP contribution in [0, 0.1) is 40.9 Å². The van der Waals surface area contributed by atoms with Crippen LogP contribution in [-0.2, 0) is 4.79 Å². The Morgan fingerprint density at radius 1 is 1.00 bits per heavy atom. The first-order chi connectivity index (χ1) is 12.1. The van der Waals surface area contributed by atoms with Crippen molar-refractivity contribution in [2.45, 2.75) is 76.7 Å². The van der Waals surface area contributed by atoms with E-state index in [0.717, 1.165) is 32.1 Å². The summed E-state index contributed by atoms with van der Waals surface area (Å²) in [4.78, 5) is 12.4. The molecule has 8 atom stereocenters. The molecule has 4 aliphatic rings. The molecule has 1 N–H and O–H groups in total. The quantitative estimate of drug-likeness (QED) is 0.607. The second-order valence-electron chi connectivity index (χ2n) is 10.2. The van der Waals surface area contributed by atoms with E-state index < -0.39 is 17.4 Å². The summed E-state index contributed by atoms with van der Waals surface area (Å²) in [7, 11) is 0. The lowest BCUT2D eigenvalue weighted by Crippen LogP contribution is -2.57. The van der Waals surface area contributed by atoms with Crippen molar-refractivity contribution in [2.24, 2.45) is 40.9 Å². The molecule has 0 radical (unpaired) electrons. The molecule has 26 heavy (non-hydrogen) atoms. The Bertz CT molecular complexity index is 593. The summed E-state index contributed by atoms with van der Waals surface area (Å²) in [6.45, 7) is 3.92. The van der Waals surface area contributed by atoms with Crippen molar-refractivity contribution in [3.8, 4) is 0 Å². The summed E-state index contributed by atoms with van der Waals surface area (Å²) in [5.41, 5.74) is -1.05. The number of hydrogen-bond acceptors (Lipinski definition) is 2. The van der Waals surface area contributed by atoms with E-state index in [2.05, 4.69) is 22.9 Å². The minimum absolute atomic E-state index is 0.0336. The minimum atomic E-state index is -2.69. The van der Waals surface area contributed by atoms with E-state index in [1.165, 1.54) is 0 Å². The van der Waals surface area contributed by atoms with Crippen molar-refractivity contribution in [1.82, 2.24) is 0 Å². The fourth-order valence-electron chi connectivity index (χ4n) is 7.61. The molecule has 0 aromatic rings. The number of aliphatic hydroxyl groups is 1. The number of halogens is 3. The zero-order valence-electron chi connectivity index (χ0n) is 15.8. The van der Waals surface area contributed by atoms with Gasteiger partial charge in [0, 0.05) is 18.3 Å². The van der Waals surface area contributed by atoms with E-state index in [9.17, 15) is 9.90 Å². The predicted octanol–water partition coefficient (Wildman–Crippen LogP) is 5.22. The van der Waals surface area contributed by atoms with Gasteiger partial charge in [-0.1, -0.05) is 22.9 Å². The SMILES string of the molecule is C[C@@]1(O)CC[C@@H]2[C@H]3CC[C@]4(C)[C@@H](C(=O)CBr)CC[C@H]4[C@@H]3CC(F)(F)[C@H]2C1. The summed E-state index contributed by atoms with van der Waals surface area (Å²) in [5.74, 6) is -2.38. The molecule has 0 spiro atoms. The molecule has 5 heteroatoms. The van der Waals surface area contributed by atoms with Crippen LogP contribution >= 0.6 is 15.9 Å². The van der Waals surface area contributed by atoms with Crippen LogP contribution in [-0.4, -0.2) is 27.7 Å². The van der Waals surface area contributed by atoms with E-state index in [0.29, 0.717) is 17.7 Å². The lowest BCUT2D eigenvalue weighted by atomic mass is 9.48. The van der Waals surface area contributed by atoms with E-state index in [4.69, 9.17) is 0 Å². The van der Waals surface area contributed by atoms with Crippen molar-refractivity contribution in [3.05, 3.63) is 0 Å². The van der Waals surface area contributed by atoms with Gasteiger partial charge in [0.2, 0.25) is 0 Å². The molecule has 148 valence electrons. The maximum atomic E-state index is 15.2. The topological polar surface area (TPSA) is 37.3 Å². The molecule has 4 saturated carbocycles. The van der Waals surface area contributed by atoms with E-state index in [1.807, 2.05) is 0 Å².